The van der Waals surface area contributed by atoms with Crippen molar-refractivity contribution in [1.82, 2.24) is 0 Å². The highest BCUT2D eigenvalue weighted by atomic mass is 14.6. The maximum Gasteiger partial charge on any atom is 0.00618 e. The first-order valence-corrected chi connectivity index (χ1v) is 4.79. The van der Waals surface area contributed by atoms with E-state index < -0.39 is 0 Å². The van der Waals surface area contributed by atoms with Crippen molar-refractivity contribution in [3.63, 3.8) is 0 Å². The quantitative estimate of drug-likeness (QED) is 0.652. The second-order valence-electron chi connectivity index (χ2n) is 4.23. The molecule has 0 aliphatic heterocycles. The fourth-order valence-electron chi connectivity index (χ4n) is 1.10. The summed E-state index contributed by atoms with van der Waals surface area (Å²) in [6, 6.07) is 0.411. The monoisotopic (exact) mass is 157 g/mol. The molecule has 0 rings (SSSR count). The van der Waals surface area contributed by atoms with Gasteiger partial charge >= 0.3 is 0 Å². The SMILES string of the molecule is CC(C)CCC[C@H](N)C(C)C. The third-order valence-electron chi connectivity index (χ3n) is 2.18. The van der Waals surface area contributed by atoms with Crippen LogP contribution in [0.1, 0.15) is 47.0 Å². The van der Waals surface area contributed by atoms with Crippen LogP contribution in [0.5, 0.6) is 0 Å². The summed E-state index contributed by atoms with van der Waals surface area (Å²) in [7, 11) is 0. The first kappa shape index (κ1) is 11.0. The molecule has 1 atom stereocenters. The molecule has 0 bridgehead atoms. The molecule has 0 spiro atoms. The van der Waals surface area contributed by atoms with E-state index in [1.807, 2.05) is 0 Å². The van der Waals surface area contributed by atoms with Gasteiger partial charge in [0, 0.05) is 6.04 Å². The van der Waals surface area contributed by atoms with Gasteiger partial charge in [-0.3, -0.25) is 0 Å². The minimum atomic E-state index is 0.411. The van der Waals surface area contributed by atoms with E-state index in [4.69, 9.17) is 5.73 Å². The fraction of sp³-hybridized carbons (Fsp3) is 1.00. The topological polar surface area (TPSA) is 26.0 Å². The van der Waals surface area contributed by atoms with E-state index in [0.29, 0.717) is 12.0 Å². The summed E-state index contributed by atoms with van der Waals surface area (Å²) in [4.78, 5) is 0. The third kappa shape index (κ3) is 6.36. The summed E-state index contributed by atoms with van der Waals surface area (Å²) in [5, 5.41) is 0. The molecule has 1 heteroatoms. The van der Waals surface area contributed by atoms with Gasteiger partial charge in [0.2, 0.25) is 0 Å². The van der Waals surface area contributed by atoms with Gasteiger partial charge in [0.25, 0.3) is 0 Å². The molecular formula is C10H23N. The fourth-order valence-corrected chi connectivity index (χ4v) is 1.10. The molecule has 0 aromatic heterocycles. The molecule has 0 fully saturated rings. The van der Waals surface area contributed by atoms with Crippen LogP contribution in [0.4, 0.5) is 0 Å². The van der Waals surface area contributed by atoms with Crippen LogP contribution in [0.2, 0.25) is 0 Å². The summed E-state index contributed by atoms with van der Waals surface area (Å²) in [5.74, 6) is 1.47. The van der Waals surface area contributed by atoms with Crippen molar-refractivity contribution >= 4 is 0 Å². The first-order chi connectivity index (χ1) is 5.04. The van der Waals surface area contributed by atoms with Crippen LogP contribution in [0, 0.1) is 11.8 Å². The Kier molecular flexibility index (Phi) is 5.57. The first-order valence-electron chi connectivity index (χ1n) is 4.79. The molecule has 1 nitrogen and oxygen atoms in total. The molecule has 0 aromatic carbocycles. The molecule has 0 saturated carbocycles. The van der Waals surface area contributed by atoms with Crippen molar-refractivity contribution in [2.24, 2.45) is 17.6 Å². The van der Waals surface area contributed by atoms with Gasteiger partial charge in [-0.25, -0.2) is 0 Å². The number of nitrogens with two attached hydrogens (primary N) is 1. The molecule has 2 N–H and O–H groups in total. The Morgan fingerprint density at radius 3 is 1.91 bits per heavy atom. The summed E-state index contributed by atoms with van der Waals surface area (Å²) >= 11 is 0. The van der Waals surface area contributed by atoms with Crippen LogP contribution in [0.3, 0.4) is 0 Å². The highest BCUT2D eigenvalue weighted by Gasteiger charge is 2.06. The number of hydrogen-bond donors (Lipinski definition) is 1. The van der Waals surface area contributed by atoms with Gasteiger partial charge in [0.1, 0.15) is 0 Å². The van der Waals surface area contributed by atoms with Crippen LogP contribution >= 0.6 is 0 Å². The highest BCUT2D eigenvalue weighted by Crippen LogP contribution is 2.11. The Balaban J connectivity index is 3.24. The van der Waals surface area contributed by atoms with Gasteiger partial charge in [-0.15, -0.1) is 0 Å². The van der Waals surface area contributed by atoms with E-state index in [1.54, 1.807) is 0 Å². The third-order valence-corrected chi connectivity index (χ3v) is 2.18. The predicted molar refractivity (Wildman–Crippen MR) is 51.5 cm³/mol. The van der Waals surface area contributed by atoms with E-state index >= 15 is 0 Å². The lowest BCUT2D eigenvalue weighted by molar-refractivity contribution is 0.425. The molecule has 0 heterocycles. The molecular weight excluding hydrogens is 134 g/mol. The zero-order valence-corrected chi connectivity index (χ0v) is 8.43. The Labute approximate surface area is 71.4 Å². The van der Waals surface area contributed by atoms with Gasteiger partial charge in [0.05, 0.1) is 0 Å². The molecule has 0 saturated heterocycles. The predicted octanol–water partition coefficient (Wildman–Crippen LogP) is 2.80. The summed E-state index contributed by atoms with van der Waals surface area (Å²) in [6.45, 7) is 8.92. The van der Waals surface area contributed by atoms with E-state index in [-0.39, 0.29) is 0 Å². The normalized spacial score (nSPS) is 14.5. The molecule has 0 aromatic rings. The molecule has 11 heavy (non-hydrogen) atoms. The van der Waals surface area contributed by atoms with Gasteiger partial charge < -0.3 is 5.73 Å². The van der Waals surface area contributed by atoms with Crippen molar-refractivity contribution < 1.29 is 0 Å². The van der Waals surface area contributed by atoms with Gasteiger partial charge in [0.15, 0.2) is 0 Å². The lowest BCUT2D eigenvalue weighted by Crippen LogP contribution is -2.26. The Morgan fingerprint density at radius 1 is 1.00 bits per heavy atom. The number of rotatable bonds is 5. The van der Waals surface area contributed by atoms with E-state index in [1.165, 1.54) is 19.3 Å². The van der Waals surface area contributed by atoms with Gasteiger partial charge in [-0.05, 0) is 18.3 Å². The Hall–Kier alpha value is -0.0400. The lowest BCUT2D eigenvalue weighted by Gasteiger charge is -2.15. The van der Waals surface area contributed by atoms with E-state index in [0.717, 1.165) is 5.92 Å². The molecule has 0 aliphatic carbocycles. The van der Waals surface area contributed by atoms with Crippen molar-refractivity contribution in [2.45, 2.75) is 53.0 Å². The Morgan fingerprint density at radius 2 is 1.55 bits per heavy atom. The smallest absolute Gasteiger partial charge is 0.00618 e. The van der Waals surface area contributed by atoms with Crippen molar-refractivity contribution in [3.8, 4) is 0 Å². The average molecular weight is 157 g/mol. The second kappa shape index (κ2) is 5.59. The van der Waals surface area contributed by atoms with Crippen molar-refractivity contribution in [1.29, 1.82) is 0 Å². The van der Waals surface area contributed by atoms with Gasteiger partial charge in [-0.1, -0.05) is 40.5 Å². The van der Waals surface area contributed by atoms with Gasteiger partial charge in [-0.2, -0.15) is 0 Å². The molecule has 0 aliphatic rings. The van der Waals surface area contributed by atoms with Crippen molar-refractivity contribution in [3.05, 3.63) is 0 Å². The van der Waals surface area contributed by atoms with Crippen LogP contribution in [0.15, 0.2) is 0 Å². The number of hydrogen-bond acceptors (Lipinski definition) is 1. The van der Waals surface area contributed by atoms with E-state index in [9.17, 15) is 0 Å². The largest absolute Gasteiger partial charge is 0.327 e. The molecule has 0 radical (unpaired) electrons. The van der Waals surface area contributed by atoms with Crippen LogP contribution in [-0.2, 0) is 0 Å². The summed E-state index contributed by atoms with van der Waals surface area (Å²) < 4.78 is 0. The maximum absolute atomic E-state index is 5.90. The molecule has 0 unspecified atom stereocenters. The lowest BCUT2D eigenvalue weighted by atomic mass is 9.97. The minimum absolute atomic E-state index is 0.411. The second-order valence-corrected chi connectivity index (χ2v) is 4.23. The molecule has 0 amide bonds. The van der Waals surface area contributed by atoms with Crippen molar-refractivity contribution in [2.75, 3.05) is 0 Å². The van der Waals surface area contributed by atoms with Crippen LogP contribution < -0.4 is 5.73 Å². The van der Waals surface area contributed by atoms with Crippen LogP contribution in [0.25, 0.3) is 0 Å². The maximum atomic E-state index is 5.90. The molecule has 68 valence electrons. The average Bonchev–Trinajstić information content (AvgIpc) is 1.86. The zero-order valence-electron chi connectivity index (χ0n) is 8.43. The standard InChI is InChI=1S/C10H23N/c1-8(2)6-5-7-10(11)9(3)4/h8-10H,5-7,11H2,1-4H3/t10-/m0/s1. The summed E-state index contributed by atoms with van der Waals surface area (Å²) in [6.07, 6.45) is 3.80. The van der Waals surface area contributed by atoms with Crippen LogP contribution in [-0.4, -0.2) is 6.04 Å². The zero-order chi connectivity index (χ0) is 8.85. The summed E-state index contributed by atoms with van der Waals surface area (Å²) in [5.41, 5.74) is 5.90. The Bertz CT molecular complexity index is 86.9. The van der Waals surface area contributed by atoms with E-state index in [2.05, 4.69) is 27.7 Å². The highest BCUT2D eigenvalue weighted by molar-refractivity contribution is 4.65. The minimum Gasteiger partial charge on any atom is -0.327 e.